The molecule has 0 spiro atoms. The Morgan fingerprint density at radius 3 is 2.67 bits per heavy atom. The molecule has 1 aromatic rings. The van der Waals surface area contributed by atoms with Crippen molar-refractivity contribution in [2.75, 3.05) is 26.7 Å². The van der Waals surface area contributed by atoms with Gasteiger partial charge >= 0.3 is 0 Å². The molecule has 0 bridgehead atoms. The Kier molecular flexibility index (Phi) is 6.05. The molecule has 3 heterocycles. The fourth-order valence-corrected chi connectivity index (χ4v) is 5.66. The predicted molar refractivity (Wildman–Crippen MR) is 103 cm³/mol. The van der Waals surface area contributed by atoms with Gasteiger partial charge in [-0.15, -0.1) is 5.10 Å². The molecule has 1 saturated carbocycles. The molecule has 4 rings (SSSR count). The number of rotatable bonds is 5. The van der Waals surface area contributed by atoms with E-state index in [9.17, 15) is 4.79 Å². The maximum Gasteiger partial charge on any atom is 0.225 e. The Labute approximate surface area is 162 Å². The van der Waals surface area contributed by atoms with Crippen LogP contribution in [-0.4, -0.2) is 68.6 Å². The number of carbonyl (C=O) groups excluding carboxylic acids is 1. The average molecular weight is 375 g/mol. The van der Waals surface area contributed by atoms with Gasteiger partial charge in [0.25, 0.3) is 0 Å². The van der Waals surface area contributed by atoms with Crippen molar-refractivity contribution in [2.45, 2.75) is 70.4 Å². The van der Waals surface area contributed by atoms with Crippen molar-refractivity contribution in [1.29, 1.82) is 0 Å². The monoisotopic (exact) mass is 374 g/mol. The number of aromatic nitrogens is 4. The van der Waals surface area contributed by atoms with Crippen LogP contribution in [-0.2, 0) is 11.3 Å². The Bertz CT molecular complexity index is 596. The Balaban J connectivity index is 1.25. The number of carbonyl (C=O) groups is 1. The quantitative estimate of drug-likeness (QED) is 0.790. The molecule has 0 N–H and O–H groups in total. The standard InChI is InChI=1S/C20H34N6O/c1-24(14-18-5-4-12-25-11-3-2-6-19(18)25)20(27)17-9-7-16(8-10-17)13-26-15-21-22-23-26/h15-19H,2-14H2,1H3. The van der Waals surface area contributed by atoms with Gasteiger partial charge in [-0.3, -0.25) is 4.79 Å². The minimum absolute atomic E-state index is 0.214. The summed E-state index contributed by atoms with van der Waals surface area (Å²) in [6.07, 6.45) is 12.5. The van der Waals surface area contributed by atoms with Gasteiger partial charge in [-0.1, -0.05) is 6.42 Å². The summed E-state index contributed by atoms with van der Waals surface area (Å²) in [6, 6.07) is 0.717. The molecule has 3 aliphatic rings. The molecule has 150 valence electrons. The first kappa shape index (κ1) is 18.8. The Hall–Kier alpha value is -1.50. The van der Waals surface area contributed by atoms with Crippen LogP contribution in [0.2, 0.25) is 0 Å². The van der Waals surface area contributed by atoms with Crippen molar-refractivity contribution < 1.29 is 4.79 Å². The highest BCUT2D eigenvalue weighted by atomic mass is 16.2. The van der Waals surface area contributed by atoms with Crippen LogP contribution in [0.3, 0.4) is 0 Å². The largest absolute Gasteiger partial charge is 0.345 e. The number of nitrogens with zero attached hydrogens (tertiary/aromatic N) is 6. The van der Waals surface area contributed by atoms with Crippen LogP contribution in [0, 0.1) is 17.8 Å². The van der Waals surface area contributed by atoms with E-state index in [1.807, 2.05) is 11.7 Å². The van der Waals surface area contributed by atoms with Crippen LogP contribution in [0.15, 0.2) is 6.33 Å². The molecule has 2 atom stereocenters. The van der Waals surface area contributed by atoms with E-state index < -0.39 is 0 Å². The first-order chi connectivity index (χ1) is 13.2. The predicted octanol–water partition coefficient (Wildman–Crippen LogP) is 2.20. The molecule has 1 amide bonds. The van der Waals surface area contributed by atoms with Crippen molar-refractivity contribution in [3.63, 3.8) is 0 Å². The summed E-state index contributed by atoms with van der Waals surface area (Å²) in [6.45, 7) is 4.36. The van der Waals surface area contributed by atoms with E-state index in [4.69, 9.17) is 0 Å². The van der Waals surface area contributed by atoms with Gasteiger partial charge in [0.15, 0.2) is 0 Å². The van der Waals surface area contributed by atoms with E-state index in [1.165, 1.54) is 45.2 Å². The summed E-state index contributed by atoms with van der Waals surface area (Å²) in [4.78, 5) is 17.8. The normalized spacial score (nSPS) is 32.0. The topological polar surface area (TPSA) is 67.2 Å². The number of tetrazole rings is 1. The average Bonchev–Trinajstić information content (AvgIpc) is 3.21. The molecule has 1 aromatic heterocycles. The third-order valence-electron chi connectivity index (χ3n) is 7.15. The first-order valence-corrected chi connectivity index (χ1v) is 10.9. The SMILES string of the molecule is CN(CC1CCCN2CCCCC12)C(=O)C1CCC(Cn2cnnn2)CC1. The molecule has 7 nitrogen and oxygen atoms in total. The zero-order chi connectivity index (χ0) is 18.6. The summed E-state index contributed by atoms with van der Waals surface area (Å²) in [5.41, 5.74) is 0. The zero-order valence-corrected chi connectivity index (χ0v) is 16.7. The summed E-state index contributed by atoms with van der Waals surface area (Å²) in [7, 11) is 2.04. The van der Waals surface area contributed by atoms with Crippen molar-refractivity contribution in [2.24, 2.45) is 17.8 Å². The van der Waals surface area contributed by atoms with Crippen LogP contribution in [0.4, 0.5) is 0 Å². The second-order valence-electron chi connectivity index (χ2n) is 8.97. The lowest BCUT2D eigenvalue weighted by atomic mass is 9.80. The zero-order valence-electron chi connectivity index (χ0n) is 16.7. The summed E-state index contributed by atoms with van der Waals surface area (Å²) >= 11 is 0. The minimum Gasteiger partial charge on any atom is -0.345 e. The highest BCUT2D eigenvalue weighted by Crippen LogP contribution is 2.33. The van der Waals surface area contributed by atoms with Crippen LogP contribution in [0.25, 0.3) is 0 Å². The van der Waals surface area contributed by atoms with Crippen LogP contribution in [0.1, 0.15) is 57.8 Å². The lowest BCUT2D eigenvalue weighted by Crippen LogP contribution is -2.51. The molecule has 0 aromatic carbocycles. The fourth-order valence-electron chi connectivity index (χ4n) is 5.66. The van der Waals surface area contributed by atoms with Crippen molar-refractivity contribution >= 4 is 5.91 Å². The van der Waals surface area contributed by atoms with E-state index in [1.54, 1.807) is 6.33 Å². The molecule has 2 saturated heterocycles. The van der Waals surface area contributed by atoms with Crippen LogP contribution >= 0.6 is 0 Å². The third kappa shape index (κ3) is 4.50. The molecule has 3 fully saturated rings. The van der Waals surface area contributed by atoms with Gasteiger partial charge in [-0.2, -0.15) is 0 Å². The van der Waals surface area contributed by atoms with Gasteiger partial charge < -0.3 is 9.80 Å². The second kappa shape index (κ2) is 8.67. The number of fused-ring (bicyclic) bond motifs is 1. The van der Waals surface area contributed by atoms with E-state index in [0.717, 1.165) is 44.8 Å². The van der Waals surface area contributed by atoms with E-state index in [2.05, 4.69) is 25.3 Å². The highest BCUT2D eigenvalue weighted by molar-refractivity contribution is 5.78. The summed E-state index contributed by atoms with van der Waals surface area (Å²) in [5, 5.41) is 11.4. The first-order valence-electron chi connectivity index (χ1n) is 10.9. The van der Waals surface area contributed by atoms with E-state index in [0.29, 0.717) is 17.7 Å². The van der Waals surface area contributed by atoms with Gasteiger partial charge in [-0.25, -0.2) is 4.68 Å². The third-order valence-corrected chi connectivity index (χ3v) is 7.15. The molecule has 0 radical (unpaired) electrons. The van der Waals surface area contributed by atoms with E-state index in [-0.39, 0.29) is 5.92 Å². The molecule has 7 heteroatoms. The molecular formula is C20H34N6O. The lowest BCUT2D eigenvalue weighted by molar-refractivity contribution is -0.136. The number of hydrogen-bond donors (Lipinski definition) is 0. The van der Waals surface area contributed by atoms with Gasteiger partial charge in [0, 0.05) is 32.1 Å². The number of amides is 1. The maximum absolute atomic E-state index is 13.0. The van der Waals surface area contributed by atoms with Crippen molar-refractivity contribution in [3.05, 3.63) is 6.33 Å². The van der Waals surface area contributed by atoms with Crippen molar-refractivity contribution in [3.8, 4) is 0 Å². The molecule has 2 unspecified atom stereocenters. The summed E-state index contributed by atoms with van der Waals surface area (Å²) in [5.74, 6) is 1.86. The maximum atomic E-state index is 13.0. The lowest BCUT2D eigenvalue weighted by Gasteiger charge is -2.45. The minimum atomic E-state index is 0.214. The fraction of sp³-hybridized carbons (Fsp3) is 0.900. The second-order valence-corrected chi connectivity index (χ2v) is 8.97. The molecule has 27 heavy (non-hydrogen) atoms. The van der Waals surface area contributed by atoms with Gasteiger partial charge in [0.2, 0.25) is 5.91 Å². The van der Waals surface area contributed by atoms with Gasteiger partial charge in [0.1, 0.15) is 6.33 Å². The Morgan fingerprint density at radius 2 is 1.89 bits per heavy atom. The van der Waals surface area contributed by atoms with Crippen LogP contribution in [0.5, 0.6) is 0 Å². The van der Waals surface area contributed by atoms with E-state index >= 15 is 0 Å². The molecule has 2 aliphatic heterocycles. The van der Waals surface area contributed by atoms with Crippen LogP contribution < -0.4 is 0 Å². The molecular weight excluding hydrogens is 340 g/mol. The number of hydrogen-bond acceptors (Lipinski definition) is 5. The van der Waals surface area contributed by atoms with Gasteiger partial charge in [-0.05, 0) is 86.7 Å². The number of piperidine rings is 2. The summed E-state index contributed by atoms with van der Waals surface area (Å²) < 4.78 is 1.82. The Morgan fingerprint density at radius 1 is 1.07 bits per heavy atom. The smallest absolute Gasteiger partial charge is 0.225 e. The molecule has 1 aliphatic carbocycles. The highest BCUT2D eigenvalue weighted by Gasteiger charge is 2.35. The van der Waals surface area contributed by atoms with Crippen molar-refractivity contribution in [1.82, 2.24) is 30.0 Å². The van der Waals surface area contributed by atoms with Gasteiger partial charge in [0.05, 0.1) is 0 Å².